The predicted molar refractivity (Wildman–Crippen MR) is 115 cm³/mol. The van der Waals surface area contributed by atoms with Crippen molar-refractivity contribution in [3.8, 4) is 0 Å². The largest absolute Gasteiger partial charge is 0.378 e. The maximum atomic E-state index is 13.7. The van der Waals surface area contributed by atoms with Crippen LogP contribution in [-0.2, 0) is 15.0 Å². The molecule has 2 atom stereocenters. The number of benzene rings is 2. The third kappa shape index (κ3) is 5.42. The molecule has 1 aromatic heterocycles. The minimum absolute atomic E-state index is 0.101. The summed E-state index contributed by atoms with van der Waals surface area (Å²) in [6, 6.07) is 6.08. The highest BCUT2D eigenvalue weighted by Gasteiger charge is 2.28. The van der Waals surface area contributed by atoms with Crippen molar-refractivity contribution < 1.29 is 32.3 Å². The first-order valence-corrected chi connectivity index (χ1v) is 10.1. The lowest BCUT2D eigenvalue weighted by atomic mass is 9.81. The summed E-state index contributed by atoms with van der Waals surface area (Å²) < 4.78 is 53.6. The van der Waals surface area contributed by atoms with Crippen molar-refractivity contribution in [2.24, 2.45) is 0 Å². The molecule has 0 aliphatic rings. The van der Waals surface area contributed by atoms with Crippen molar-refractivity contribution in [1.29, 1.82) is 0 Å². The molecule has 0 radical (unpaired) electrons. The zero-order chi connectivity index (χ0) is 25.2. The second-order valence-electron chi connectivity index (χ2n) is 8.25. The molecule has 7 nitrogen and oxygen atoms in total. The number of aliphatic hydroxyl groups excluding tert-OH is 1. The number of hydrogen-bond acceptors (Lipinski definition) is 4. The smallest absolute Gasteiger partial charge is 0.254 e. The fraction of sp³-hybridized carbons (Fsp3) is 0.261. The number of nitrogens with one attached hydrogen (secondary N) is 3. The number of aromatic amines is 1. The van der Waals surface area contributed by atoms with E-state index < -0.39 is 52.6 Å². The van der Waals surface area contributed by atoms with E-state index in [0.29, 0.717) is 17.3 Å². The molecule has 1 heterocycles. The average Bonchev–Trinajstić information content (AvgIpc) is 3.23. The molecule has 180 valence electrons. The van der Waals surface area contributed by atoms with Crippen molar-refractivity contribution in [3.05, 3.63) is 82.6 Å². The van der Waals surface area contributed by atoms with Crippen LogP contribution in [0.2, 0.25) is 0 Å². The van der Waals surface area contributed by atoms with Crippen LogP contribution in [0.4, 0.5) is 23.4 Å². The number of rotatable bonds is 7. The fourth-order valence-corrected chi connectivity index (χ4v) is 3.22. The van der Waals surface area contributed by atoms with Crippen molar-refractivity contribution in [2.45, 2.75) is 38.3 Å². The molecule has 0 bridgehead atoms. The summed E-state index contributed by atoms with van der Waals surface area (Å²) >= 11 is 0. The number of carbonyl (C=O) groups excluding carboxylic acids is 2. The number of hydrogen-bond donors (Lipinski definition) is 4. The van der Waals surface area contributed by atoms with Gasteiger partial charge in [0.1, 0.15) is 17.7 Å². The first kappa shape index (κ1) is 24.9. The Kier molecular flexibility index (Phi) is 7.06. The zero-order valence-electron chi connectivity index (χ0n) is 18.4. The van der Waals surface area contributed by atoms with Crippen LogP contribution in [0, 0.1) is 23.3 Å². The van der Waals surface area contributed by atoms with E-state index in [4.69, 9.17) is 0 Å². The Labute approximate surface area is 192 Å². The number of nitrogens with zero attached hydrogens (tertiary/aromatic N) is 1. The predicted octanol–water partition coefficient (Wildman–Crippen LogP) is 3.47. The van der Waals surface area contributed by atoms with Crippen LogP contribution in [0.3, 0.4) is 0 Å². The minimum atomic E-state index is -1.89. The molecule has 0 aliphatic carbocycles. The molecule has 2 amide bonds. The number of H-pyrrole nitrogens is 1. The van der Waals surface area contributed by atoms with Gasteiger partial charge in [0.05, 0.1) is 0 Å². The van der Waals surface area contributed by atoms with Gasteiger partial charge in [-0.2, -0.15) is 5.10 Å². The molecule has 4 N–H and O–H groups in total. The van der Waals surface area contributed by atoms with Gasteiger partial charge in [-0.1, -0.05) is 19.9 Å². The Hall–Kier alpha value is -3.73. The highest BCUT2D eigenvalue weighted by molar-refractivity contribution is 5.97. The number of aromatic nitrogens is 2. The maximum Gasteiger partial charge on any atom is 0.254 e. The van der Waals surface area contributed by atoms with Crippen LogP contribution in [0.25, 0.3) is 0 Å². The molecule has 0 fully saturated rings. The SMILES string of the molecule is CC(NC(=O)C(O)c1cc(F)cc(F)c1)C(=O)Nc1cc(C(C)(C)c2ccc(F)c(F)c2)[nH]n1. The van der Waals surface area contributed by atoms with E-state index in [1.165, 1.54) is 19.1 Å². The summed E-state index contributed by atoms with van der Waals surface area (Å²) in [5.41, 5.74) is -0.154. The Morgan fingerprint density at radius 3 is 2.24 bits per heavy atom. The van der Waals surface area contributed by atoms with Gasteiger partial charge in [-0.15, -0.1) is 0 Å². The lowest BCUT2D eigenvalue weighted by Gasteiger charge is -2.23. The van der Waals surface area contributed by atoms with Gasteiger partial charge in [0.2, 0.25) is 5.91 Å². The molecular formula is C23H22F4N4O3. The first-order valence-electron chi connectivity index (χ1n) is 10.1. The number of aliphatic hydroxyl groups is 1. The monoisotopic (exact) mass is 478 g/mol. The standard InChI is InChI=1S/C23H22F4N4O3/c1-11(28-22(34)20(32)12-6-14(24)9-15(25)7-12)21(33)29-19-10-18(30-31-19)23(2,3)13-4-5-16(26)17(27)8-13/h4-11,20,32H,1-3H3,(H,28,34)(H2,29,30,31,33). The third-order valence-electron chi connectivity index (χ3n) is 5.34. The molecule has 2 unspecified atom stereocenters. The molecule has 3 aromatic rings. The normalized spacial score (nSPS) is 13.3. The summed E-state index contributed by atoms with van der Waals surface area (Å²) in [6.45, 7) is 4.83. The van der Waals surface area contributed by atoms with E-state index in [9.17, 15) is 32.3 Å². The molecule has 0 spiro atoms. The molecule has 3 rings (SSSR count). The van der Waals surface area contributed by atoms with E-state index in [1.807, 2.05) is 0 Å². The summed E-state index contributed by atoms with van der Waals surface area (Å²) in [7, 11) is 0. The van der Waals surface area contributed by atoms with Crippen LogP contribution in [0.1, 0.15) is 43.7 Å². The quantitative estimate of drug-likeness (QED) is 0.390. The molecule has 34 heavy (non-hydrogen) atoms. The Morgan fingerprint density at radius 1 is 0.971 bits per heavy atom. The highest BCUT2D eigenvalue weighted by Crippen LogP contribution is 2.32. The van der Waals surface area contributed by atoms with Crippen LogP contribution in [0.5, 0.6) is 0 Å². The molecule has 0 saturated heterocycles. The van der Waals surface area contributed by atoms with Gasteiger partial charge < -0.3 is 15.7 Å². The lowest BCUT2D eigenvalue weighted by molar-refractivity contribution is -0.132. The van der Waals surface area contributed by atoms with Crippen LogP contribution >= 0.6 is 0 Å². The van der Waals surface area contributed by atoms with E-state index in [2.05, 4.69) is 20.8 Å². The Balaban J connectivity index is 1.65. The molecule has 11 heteroatoms. The second-order valence-corrected chi connectivity index (χ2v) is 8.25. The van der Waals surface area contributed by atoms with E-state index in [0.717, 1.165) is 24.3 Å². The summed E-state index contributed by atoms with van der Waals surface area (Å²) in [5, 5.41) is 21.5. The summed E-state index contributed by atoms with van der Waals surface area (Å²) in [4.78, 5) is 24.7. The Morgan fingerprint density at radius 2 is 1.62 bits per heavy atom. The number of carbonyl (C=O) groups is 2. The highest BCUT2D eigenvalue weighted by atomic mass is 19.2. The van der Waals surface area contributed by atoms with Gasteiger partial charge in [-0.3, -0.25) is 14.7 Å². The van der Waals surface area contributed by atoms with Crippen LogP contribution < -0.4 is 10.6 Å². The average molecular weight is 478 g/mol. The van der Waals surface area contributed by atoms with Crippen molar-refractivity contribution in [1.82, 2.24) is 15.5 Å². The summed E-state index contributed by atoms with van der Waals surface area (Å²) in [5.74, 6) is -5.51. The van der Waals surface area contributed by atoms with Gasteiger partial charge in [0.15, 0.2) is 23.6 Å². The van der Waals surface area contributed by atoms with Gasteiger partial charge in [0.25, 0.3) is 5.91 Å². The Bertz CT molecular complexity index is 1210. The second kappa shape index (κ2) is 9.64. The minimum Gasteiger partial charge on any atom is -0.378 e. The van der Waals surface area contributed by atoms with Crippen molar-refractivity contribution in [2.75, 3.05) is 5.32 Å². The zero-order valence-corrected chi connectivity index (χ0v) is 18.4. The van der Waals surface area contributed by atoms with E-state index >= 15 is 0 Å². The third-order valence-corrected chi connectivity index (χ3v) is 5.34. The molecule has 0 saturated carbocycles. The molecule has 0 aliphatic heterocycles. The van der Waals surface area contributed by atoms with Crippen molar-refractivity contribution >= 4 is 17.6 Å². The first-order chi connectivity index (χ1) is 15.9. The van der Waals surface area contributed by atoms with Crippen LogP contribution in [0.15, 0.2) is 42.5 Å². The van der Waals surface area contributed by atoms with Gasteiger partial charge in [-0.25, -0.2) is 17.6 Å². The lowest BCUT2D eigenvalue weighted by Crippen LogP contribution is -2.43. The number of halogens is 4. The van der Waals surface area contributed by atoms with Gasteiger partial charge in [-0.05, 0) is 42.3 Å². The topological polar surface area (TPSA) is 107 Å². The van der Waals surface area contributed by atoms with Crippen LogP contribution in [-0.4, -0.2) is 33.2 Å². The van der Waals surface area contributed by atoms with E-state index in [-0.39, 0.29) is 11.4 Å². The molecule has 2 aromatic carbocycles. The molecular weight excluding hydrogens is 456 g/mol. The van der Waals surface area contributed by atoms with E-state index in [1.54, 1.807) is 13.8 Å². The maximum absolute atomic E-state index is 13.7. The number of anilines is 1. The van der Waals surface area contributed by atoms with Crippen molar-refractivity contribution in [3.63, 3.8) is 0 Å². The summed E-state index contributed by atoms with van der Waals surface area (Å²) in [6.07, 6.45) is -1.89. The number of amides is 2. The van der Waals surface area contributed by atoms with Gasteiger partial charge in [0, 0.05) is 23.2 Å². The fourth-order valence-electron chi connectivity index (χ4n) is 3.22. The van der Waals surface area contributed by atoms with Gasteiger partial charge >= 0.3 is 0 Å².